The third-order valence-corrected chi connectivity index (χ3v) is 8.28. The molecule has 1 unspecified atom stereocenters. The van der Waals surface area contributed by atoms with Crippen LogP contribution in [0.3, 0.4) is 0 Å². The molecule has 0 radical (unpaired) electrons. The summed E-state index contributed by atoms with van der Waals surface area (Å²) in [6.07, 6.45) is 0.987. The number of nitrogens with zero attached hydrogens (tertiary/aromatic N) is 2. The molecule has 1 saturated heterocycles. The molecular formula is C26H26N2O4S. The molecule has 33 heavy (non-hydrogen) atoms. The summed E-state index contributed by atoms with van der Waals surface area (Å²) < 4.78 is 35.0. The maximum atomic E-state index is 14.1. The molecule has 7 heteroatoms. The zero-order valence-corrected chi connectivity index (χ0v) is 19.3. The average Bonchev–Trinajstić information content (AvgIpc) is 2.85. The van der Waals surface area contributed by atoms with Crippen molar-refractivity contribution in [2.24, 2.45) is 0 Å². The first-order valence-electron chi connectivity index (χ1n) is 11.2. The van der Waals surface area contributed by atoms with Gasteiger partial charge in [0.05, 0.1) is 10.6 Å². The molecule has 0 aliphatic carbocycles. The Morgan fingerprint density at radius 1 is 0.939 bits per heavy atom. The number of rotatable bonds is 4. The number of hydrogen-bond acceptors (Lipinski definition) is 4. The zero-order chi connectivity index (χ0) is 23.0. The molecule has 2 aliphatic rings. The average molecular weight is 463 g/mol. The van der Waals surface area contributed by atoms with Crippen molar-refractivity contribution < 1.29 is 17.9 Å². The molecule has 0 bridgehead atoms. The second-order valence-electron chi connectivity index (χ2n) is 8.51. The van der Waals surface area contributed by atoms with E-state index in [9.17, 15) is 13.2 Å². The maximum absolute atomic E-state index is 14.1. The molecule has 0 aromatic heterocycles. The lowest BCUT2D eigenvalue weighted by atomic mass is 10.0. The Balaban J connectivity index is 1.59. The quantitative estimate of drug-likeness (QED) is 0.526. The first kappa shape index (κ1) is 21.7. The fourth-order valence-electron chi connectivity index (χ4n) is 4.75. The molecule has 3 aromatic carbocycles. The maximum Gasteiger partial charge on any atom is 0.415 e. The van der Waals surface area contributed by atoms with Gasteiger partial charge in [-0.1, -0.05) is 66.2 Å². The van der Waals surface area contributed by atoms with Crippen LogP contribution >= 0.6 is 0 Å². The minimum atomic E-state index is -3.89. The summed E-state index contributed by atoms with van der Waals surface area (Å²) in [5, 5.41) is 0. The number of cyclic esters (lactones) is 1. The molecule has 170 valence electrons. The van der Waals surface area contributed by atoms with Crippen LogP contribution in [0.25, 0.3) is 11.1 Å². The first-order valence-corrected chi connectivity index (χ1v) is 12.6. The molecule has 0 N–H and O–H groups in total. The predicted molar refractivity (Wildman–Crippen MR) is 127 cm³/mol. The highest BCUT2D eigenvalue weighted by Gasteiger charge is 2.42. The Bertz CT molecular complexity index is 1290. The second kappa shape index (κ2) is 8.65. The highest BCUT2D eigenvalue weighted by atomic mass is 32.2. The minimum absolute atomic E-state index is 0.197. The molecular weight excluding hydrogens is 436 g/mol. The number of ether oxygens (including phenoxy) is 1. The van der Waals surface area contributed by atoms with Crippen molar-refractivity contribution in [2.75, 3.05) is 11.4 Å². The van der Waals surface area contributed by atoms with Gasteiger partial charge in [-0.05, 0) is 43.9 Å². The molecule has 2 aliphatic heterocycles. The monoisotopic (exact) mass is 462 g/mol. The smallest absolute Gasteiger partial charge is 0.415 e. The van der Waals surface area contributed by atoms with Crippen molar-refractivity contribution in [3.63, 3.8) is 0 Å². The van der Waals surface area contributed by atoms with Crippen LogP contribution in [-0.4, -0.2) is 31.5 Å². The minimum Gasteiger partial charge on any atom is -0.444 e. The Morgan fingerprint density at radius 2 is 1.70 bits per heavy atom. The summed E-state index contributed by atoms with van der Waals surface area (Å²) in [5.74, 6) is 0. The Labute approximate surface area is 194 Å². The summed E-state index contributed by atoms with van der Waals surface area (Å²) in [6, 6.07) is 22.4. The lowest BCUT2D eigenvalue weighted by Gasteiger charge is -2.43. The van der Waals surface area contributed by atoms with Crippen molar-refractivity contribution in [1.29, 1.82) is 0 Å². The number of benzene rings is 3. The number of aryl methyl sites for hydroxylation is 1. The Kier molecular flexibility index (Phi) is 5.68. The van der Waals surface area contributed by atoms with Crippen molar-refractivity contribution in [3.8, 4) is 11.1 Å². The number of fused-ring (bicyclic) bond motifs is 1. The fourth-order valence-corrected chi connectivity index (χ4v) is 6.61. The van der Waals surface area contributed by atoms with Gasteiger partial charge < -0.3 is 4.74 Å². The van der Waals surface area contributed by atoms with Crippen LogP contribution < -0.4 is 4.90 Å². The van der Waals surface area contributed by atoms with Crippen LogP contribution in [0.5, 0.6) is 0 Å². The van der Waals surface area contributed by atoms with Gasteiger partial charge in [-0.3, -0.25) is 4.90 Å². The number of carbonyl (C=O) groups is 1. The van der Waals surface area contributed by atoms with Crippen molar-refractivity contribution in [1.82, 2.24) is 4.31 Å². The number of hydrogen-bond donors (Lipinski definition) is 0. The number of amides is 1. The Hall–Kier alpha value is -3.16. The van der Waals surface area contributed by atoms with Gasteiger partial charge in [-0.25, -0.2) is 13.2 Å². The van der Waals surface area contributed by atoms with Gasteiger partial charge in [-0.15, -0.1) is 0 Å². The van der Waals surface area contributed by atoms with Gasteiger partial charge >= 0.3 is 6.09 Å². The lowest BCUT2D eigenvalue weighted by Crippen LogP contribution is -2.56. The van der Waals surface area contributed by atoms with E-state index in [1.807, 2.05) is 67.6 Å². The summed E-state index contributed by atoms with van der Waals surface area (Å²) in [6.45, 7) is 2.53. The molecule has 1 fully saturated rings. The zero-order valence-electron chi connectivity index (χ0n) is 18.5. The van der Waals surface area contributed by atoms with Gasteiger partial charge in [0, 0.05) is 17.7 Å². The van der Waals surface area contributed by atoms with E-state index in [1.165, 1.54) is 9.21 Å². The van der Waals surface area contributed by atoms with Gasteiger partial charge in [0.2, 0.25) is 10.0 Å². The molecule has 1 atom stereocenters. The molecule has 0 spiro atoms. The molecule has 0 saturated carbocycles. The molecule has 5 rings (SSSR count). The topological polar surface area (TPSA) is 66.9 Å². The summed E-state index contributed by atoms with van der Waals surface area (Å²) in [5.41, 5.74) is 4.17. The van der Waals surface area contributed by atoms with Crippen LogP contribution in [0, 0.1) is 6.92 Å². The number of sulfonamides is 1. The molecule has 1 amide bonds. The van der Waals surface area contributed by atoms with Gasteiger partial charge in [0.1, 0.15) is 12.8 Å². The Morgan fingerprint density at radius 3 is 2.52 bits per heavy atom. The van der Waals surface area contributed by atoms with E-state index in [1.54, 1.807) is 12.1 Å². The lowest BCUT2D eigenvalue weighted by molar-refractivity contribution is 0.127. The van der Waals surface area contributed by atoms with Crippen LogP contribution in [-0.2, 0) is 21.4 Å². The molecule has 3 aromatic rings. The number of anilines is 1. The third-order valence-electron chi connectivity index (χ3n) is 6.32. The van der Waals surface area contributed by atoms with Crippen LogP contribution in [0.1, 0.15) is 30.4 Å². The second-order valence-corrected chi connectivity index (χ2v) is 10.4. The van der Waals surface area contributed by atoms with Crippen LogP contribution in [0.2, 0.25) is 0 Å². The van der Waals surface area contributed by atoms with E-state index in [0.29, 0.717) is 18.5 Å². The predicted octanol–water partition coefficient (Wildman–Crippen LogP) is 5.32. The SMILES string of the molecule is Cc1ccc2c(c1)COC(=O)N2C1CCCCN1S(=O)(=O)c1ccccc1-c1ccccc1. The summed E-state index contributed by atoms with van der Waals surface area (Å²) in [7, 11) is -3.89. The highest BCUT2D eigenvalue weighted by molar-refractivity contribution is 7.89. The van der Waals surface area contributed by atoms with Gasteiger partial charge in [0.15, 0.2) is 0 Å². The van der Waals surface area contributed by atoms with E-state index in [4.69, 9.17) is 4.74 Å². The van der Waals surface area contributed by atoms with E-state index >= 15 is 0 Å². The van der Waals surface area contributed by atoms with Crippen molar-refractivity contribution in [2.45, 2.75) is 43.9 Å². The third kappa shape index (κ3) is 3.92. The highest BCUT2D eigenvalue weighted by Crippen LogP contribution is 2.37. The first-order chi connectivity index (χ1) is 16.0. The van der Waals surface area contributed by atoms with E-state index in [2.05, 4.69) is 0 Å². The van der Waals surface area contributed by atoms with Crippen LogP contribution in [0.4, 0.5) is 10.5 Å². The van der Waals surface area contributed by atoms with E-state index in [-0.39, 0.29) is 11.5 Å². The van der Waals surface area contributed by atoms with Crippen molar-refractivity contribution in [3.05, 3.63) is 83.9 Å². The van der Waals surface area contributed by atoms with Crippen LogP contribution in [0.15, 0.2) is 77.7 Å². The molecule has 2 heterocycles. The summed E-state index contributed by atoms with van der Waals surface area (Å²) >= 11 is 0. The van der Waals surface area contributed by atoms with E-state index < -0.39 is 22.3 Å². The number of piperidine rings is 1. The largest absolute Gasteiger partial charge is 0.444 e. The normalized spacial score (nSPS) is 19.1. The molecule has 6 nitrogen and oxygen atoms in total. The van der Waals surface area contributed by atoms with Gasteiger partial charge in [-0.2, -0.15) is 4.31 Å². The fraction of sp³-hybridized carbons (Fsp3) is 0.269. The number of carbonyl (C=O) groups excluding carboxylic acids is 1. The van der Waals surface area contributed by atoms with Gasteiger partial charge in [0.25, 0.3) is 0 Å². The van der Waals surface area contributed by atoms with Crippen molar-refractivity contribution >= 4 is 21.8 Å². The standard InChI is InChI=1S/C26H26N2O4S/c1-19-14-15-23-21(17-19)18-32-26(29)28(23)25-13-7-8-16-27(25)33(30,31)24-12-6-5-11-22(24)20-9-3-2-4-10-20/h2-6,9-12,14-15,17,25H,7-8,13,16,18H2,1H3. The van der Waals surface area contributed by atoms with E-state index in [0.717, 1.165) is 35.2 Å². The summed E-state index contributed by atoms with van der Waals surface area (Å²) in [4.78, 5) is 14.7.